The van der Waals surface area contributed by atoms with Crippen molar-refractivity contribution in [2.24, 2.45) is 0 Å². The normalized spacial score (nSPS) is 7.62. The molecule has 0 amide bonds. The van der Waals surface area contributed by atoms with Crippen molar-refractivity contribution in [3.05, 3.63) is 0 Å². The lowest BCUT2D eigenvalue weighted by Crippen LogP contribution is -2.17. The summed E-state index contributed by atoms with van der Waals surface area (Å²) >= 11 is 0. The molecule has 0 saturated heterocycles. The van der Waals surface area contributed by atoms with Crippen LogP contribution in [0.1, 0.15) is 0 Å². The number of rotatable bonds is 2. The van der Waals surface area contributed by atoms with Crippen molar-refractivity contribution in [3.8, 4) is 0 Å². The second-order valence-corrected chi connectivity index (χ2v) is 1.01. The molecule has 0 aliphatic carbocycles. The summed E-state index contributed by atoms with van der Waals surface area (Å²) in [6, 6.07) is 0. The number of methoxy groups -OCH3 is 1. The third-order valence-corrected chi connectivity index (χ3v) is 0.443. The van der Waals surface area contributed by atoms with Crippen LogP contribution >= 0.6 is 0 Å². The minimum Gasteiger partial charge on any atom is -0.489 e. The molecule has 0 spiro atoms. The van der Waals surface area contributed by atoms with E-state index in [4.69, 9.17) is 5.11 Å². The Hall–Kier alpha value is -0.995. The maximum absolute atomic E-state index is 9.96. The van der Waals surface area contributed by atoms with Gasteiger partial charge in [0.05, 0.1) is 7.11 Å². The number of carboxylic acid groups (broad SMARTS) is 1. The van der Waals surface area contributed by atoms with Gasteiger partial charge < -0.3 is 9.84 Å². The summed E-state index contributed by atoms with van der Waals surface area (Å²) in [6.45, 7) is 0. The van der Waals surface area contributed by atoms with E-state index in [1.54, 1.807) is 0 Å². The Morgan fingerprint density at radius 2 is 2.12 bits per heavy atom. The molecule has 0 unspecified atom stereocenters. The highest BCUT2D eigenvalue weighted by molar-refractivity contribution is 6.94. The summed E-state index contributed by atoms with van der Waals surface area (Å²) in [5, 5.41) is 7.86. The first-order valence-corrected chi connectivity index (χ1v) is 1.82. The van der Waals surface area contributed by atoms with E-state index in [1.807, 2.05) is 0 Å². The second-order valence-electron chi connectivity index (χ2n) is 1.01. The fourth-order valence-electron chi connectivity index (χ4n) is 0.160. The van der Waals surface area contributed by atoms with E-state index in [9.17, 15) is 9.59 Å². The van der Waals surface area contributed by atoms with Gasteiger partial charge in [0.1, 0.15) is 0 Å². The summed E-state index contributed by atoms with van der Waals surface area (Å²) in [7, 11) is 1.56. The van der Waals surface area contributed by atoms with Gasteiger partial charge in [-0.05, 0) is 0 Å². The van der Waals surface area contributed by atoms with Crippen molar-refractivity contribution in [2.75, 3.05) is 7.11 Å². The first-order chi connectivity index (χ1) is 3.66. The zero-order valence-corrected chi connectivity index (χ0v) is 4.25. The van der Waals surface area contributed by atoms with Gasteiger partial charge in [-0.15, -0.1) is 0 Å². The molecule has 0 bridgehead atoms. The highest BCUT2D eigenvalue weighted by Crippen LogP contribution is 1.73. The molecule has 4 nitrogen and oxygen atoms in total. The van der Waals surface area contributed by atoms with E-state index in [0.717, 1.165) is 7.11 Å². The largest absolute Gasteiger partial charge is 0.489 e. The maximum atomic E-state index is 9.96. The van der Waals surface area contributed by atoms with Crippen LogP contribution in [-0.2, 0) is 4.74 Å². The van der Waals surface area contributed by atoms with Gasteiger partial charge in [0.2, 0.25) is 0 Å². The van der Waals surface area contributed by atoms with Gasteiger partial charge in [-0.2, -0.15) is 0 Å². The van der Waals surface area contributed by atoms with E-state index in [0.29, 0.717) is 7.28 Å². The first-order valence-electron chi connectivity index (χ1n) is 1.82. The minimum atomic E-state index is -1.29. The molecule has 0 aromatic heterocycles. The molecule has 5 heteroatoms. The zero-order valence-electron chi connectivity index (χ0n) is 4.25. The predicted octanol–water partition coefficient (Wildman–Crippen LogP) is 0.135. The SMILES string of the molecule is COC(=O)[B]C(=O)O. The molecule has 1 radical (unpaired) electrons. The molecular formula is C3H4BO4. The number of hydrogen-bond donors (Lipinski definition) is 1. The van der Waals surface area contributed by atoms with Crippen LogP contribution in [0.15, 0.2) is 0 Å². The van der Waals surface area contributed by atoms with Crippen LogP contribution in [-0.4, -0.2) is 31.2 Å². The molecule has 1 N–H and O–H groups in total. The van der Waals surface area contributed by atoms with Crippen molar-refractivity contribution in [3.63, 3.8) is 0 Å². The van der Waals surface area contributed by atoms with E-state index in [-0.39, 0.29) is 0 Å². The number of carbonyl (C=O) groups is 2. The van der Waals surface area contributed by atoms with E-state index in [1.165, 1.54) is 0 Å². The molecule has 0 heterocycles. The van der Waals surface area contributed by atoms with Crippen LogP contribution in [0.25, 0.3) is 0 Å². The smallest absolute Gasteiger partial charge is 0.405 e. The molecule has 0 aliphatic rings. The van der Waals surface area contributed by atoms with Crippen molar-refractivity contribution >= 4 is 19.0 Å². The Kier molecular flexibility index (Phi) is 2.68. The Morgan fingerprint density at radius 3 is 2.25 bits per heavy atom. The Morgan fingerprint density at radius 1 is 1.62 bits per heavy atom. The van der Waals surface area contributed by atoms with Crippen LogP contribution in [0.2, 0.25) is 0 Å². The van der Waals surface area contributed by atoms with Gasteiger partial charge in [-0.1, -0.05) is 0 Å². The maximum Gasteiger partial charge on any atom is 0.405 e. The van der Waals surface area contributed by atoms with Gasteiger partial charge >= 0.3 is 7.28 Å². The standard InChI is InChI=1S/C3H4BO4/c1-8-3(7)4-2(5)6/h1H3,(H,5,6). The summed E-state index contributed by atoms with van der Waals surface area (Å²) in [5.41, 5.74) is 0. The highest BCUT2D eigenvalue weighted by atomic mass is 16.5. The fraction of sp³-hybridized carbons (Fsp3) is 0.333. The molecule has 0 saturated carbocycles. The van der Waals surface area contributed by atoms with Crippen molar-refractivity contribution in [2.45, 2.75) is 0 Å². The molecule has 0 aromatic rings. The van der Waals surface area contributed by atoms with Crippen LogP contribution < -0.4 is 0 Å². The average molecular weight is 115 g/mol. The van der Waals surface area contributed by atoms with Gasteiger partial charge in [0, 0.05) is 0 Å². The predicted molar refractivity (Wildman–Crippen MR) is 26.2 cm³/mol. The van der Waals surface area contributed by atoms with Crippen LogP contribution in [0.3, 0.4) is 0 Å². The number of hydrogen-bond acceptors (Lipinski definition) is 3. The van der Waals surface area contributed by atoms with Crippen LogP contribution in [0.4, 0.5) is 9.59 Å². The summed E-state index contributed by atoms with van der Waals surface area (Å²) in [6.07, 6.45) is 0. The summed E-state index contributed by atoms with van der Waals surface area (Å²) in [4.78, 5) is 19.6. The van der Waals surface area contributed by atoms with E-state index < -0.39 is 11.7 Å². The van der Waals surface area contributed by atoms with Crippen molar-refractivity contribution in [1.29, 1.82) is 0 Å². The lowest BCUT2D eigenvalue weighted by molar-refractivity contribution is 0.195. The lowest BCUT2D eigenvalue weighted by atomic mass is 9.80. The van der Waals surface area contributed by atoms with Crippen molar-refractivity contribution < 1.29 is 19.4 Å². The molecule has 0 fully saturated rings. The Bertz CT molecular complexity index is 110. The van der Waals surface area contributed by atoms with Gasteiger partial charge in [-0.3, -0.25) is 9.59 Å². The van der Waals surface area contributed by atoms with Gasteiger partial charge in [0.25, 0.3) is 11.7 Å². The summed E-state index contributed by atoms with van der Waals surface area (Å²) < 4.78 is 3.99. The molecule has 43 valence electrons. The van der Waals surface area contributed by atoms with Gasteiger partial charge in [-0.25, -0.2) is 0 Å². The quantitative estimate of drug-likeness (QED) is 0.519. The lowest BCUT2D eigenvalue weighted by Gasteiger charge is -1.88. The number of ether oxygens (including phenoxy) is 1. The monoisotopic (exact) mass is 115 g/mol. The first kappa shape index (κ1) is 7.00. The Balaban J connectivity index is 3.40. The van der Waals surface area contributed by atoms with E-state index >= 15 is 0 Å². The molecule has 0 rings (SSSR count). The van der Waals surface area contributed by atoms with Gasteiger partial charge in [0.15, 0.2) is 0 Å². The zero-order chi connectivity index (χ0) is 6.57. The highest BCUT2D eigenvalue weighted by Gasteiger charge is 2.10. The minimum absolute atomic E-state index is 0.444. The van der Waals surface area contributed by atoms with Crippen molar-refractivity contribution in [1.82, 2.24) is 0 Å². The Labute approximate surface area is 46.7 Å². The molecule has 0 aliphatic heterocycles. The molecule has 8 heavy (non-hydrogen) atoms. The van der Waals surface area contributed by atoms with Crippen LogP contribution in [0, 0.1) is 0 Å². The average Bonchev–Trinajstić information content (AvgIpc) is 1.65. The van der Waals surface area contributed by atoms with Crippen LogP contribution in [0.5, 0.6) is 0 Å². The molecular weight excluding hydrogens is 111 g/mol. The number of carbonyl (C=O) groups excluding carboxylic acids is 1. The topological polar surface area (TPSA) is 63.6 Å². The second kappa shape index (κ2) is 3.07. The third-order valence-electron chi connectivity index (χ3n) is 0.443. The molecule has 0 atom stereocenters. The third kappa shape index (κ3) is 3.20. The van der Waals surface area contributed by atoms with E-state index in [2.05, 4.69) is 4.74 Å². The molecule has 0 aromatic carbocycles. The summed E-state index contributed by atoms with van der Waals surface area (Å²) in [5.74, 6) is -2.14. The fourth-order valence-corrected chi connectivity index (χ4v) is 0.160.